The van der Waals surface area contributed by atoms with Crippen molar-refractivity contribution in [3.63, 3.8) is 0 Å². The average molecular weight is 508 g/mol. The Kier molecular flexibility index (Phi) is 5.64. The number of hydrogen-bond donors (Lipinski definition) is 2. The second-order valence-corrected chi connectivity index (χ2v) is 10.2. The van der Waals surface area contributed by atoms with Crippen LogP contribution in [0.3, 0.4) is 0 Å². The zero-order valence-electron chi connectivity index (χ0n) is 20.1. The smallest absolute Gasteiger partial charge is 0.138 e. The molecule has 37 heavy (non-hydrogen) atoms. The third kappa shape index (κ3) is 4.26. The maximum absolute atomic E-state index is 6.01. The molecule has 7 rings (SSSR count). The van der Waals surface area contributed by atoms with Gasteiger partial charge in [0.2, 0.25) is 0 Å². The molecule has 0 bridgehead atoms. The van der Waals surface area contributed by atoms with Gasteiger partial charge in [-0.3, -0.25) is 20.0 Å². The number of ether oxygens (including phenoxy) is 1. The van der Waals surface area contributed by atoms with Gasteiger partial charge in [0, 0.05) is 35.4 Å². The summed E-state index contributed by atoms with van der Waals surface area (Å²) < 4.78 is 6.01. The molecule has 1 aliphatic heterocycles. The molecular formula is C28H25N7OS. The Hall–Kier alpha value is -4.08. The van der Waals surface area contributed by atoms with Crippen LogP contribution in [0.15, 0.2) is 66.4 Å². The van der Waals surface area contributed by atoms with Gasteiger partial charge in [0.25, 0.3) is 0 Å². The number of hydrogen-bond acceptors (Lipinski definition) is 7. The topological polar surface area (TPSA) is 95.6 Å². The van der Waals surface area contributed by atoms with E-state index in [0.29, 0.717) is 6.61 Å². The summed E-state index contributed by atoms with van der Waals surface area (Å²) in [6.45, 7) is 3.94. The van der Waals surface area contributed by atoms with E-state index >= 15 is 0 Å². The van der Waals surface area contributed by atoms with Gasteiger partial charge in [0.05, 0.1) is 33.7 Å². The highest BCUT2D eigenvalue weighted by atomic mass is 32.1. The van der Waals surface area contributed by atoms with Crippen LogP contribution in [0.5, 0.6) is 5.75 Å². The minimum absolute atomic E-state index is 0.659. The maximum atomic E-state index is 6.01. The highest BCUT2D eigenvalue weighted by Crippen LogP contribution is 2.34. The molecule has 2 N–H and O–H groups in total. The van der Waals surface area contributed by atoms with Crippen LogP contribution in [0.2, 0.25) is 0 Å². The third-order valence-corrected chi connectivity index (χ3v) is 7.73. The lowest BCUT2D eigenvalue weighted by atomic mass is 10.1. The molecule has 6 aromatic rings. The standard InChI is InChI=1S/C28H25N7OS/c1-2-10-35(9-1)11-12-36-19-14-18(16-29-17-19)21-5-6-23-27(32-21)28(34-33-23)24-15-20-22(31-24)7-8-30-26(20)25-4-3-13-37-25/h3-8,13-17,31H,1-2,9-12H2,(H,33,34). The van der Waals surface area contributed by atoms with Crippen LogP contribution >= 0.6 is 11.3 Å². The predicted molar refractivity (Wildman–Crippen MR) is 147 cm³/mol. The predicted octanol–water partition coefficient (Wildman–Crippen LogP) is 5.77. The van der Waals surface area contributed by atoms with Gasteiger partial charge >= 0.3 is 0 Å². The minimum atomic E-state index is 0.659. The van der Waals surface area contributed by atoms with Crippen molar-refractivity contribution in [2.24, 2.45) is 0 Å². The van der Waals surface area contributed by atoms with Gasteiger partial charge in [-0.1, -0.05) is 6.07 Å². The molecule has 0 unspecified atom stereocenters. The average Bonchev–Trinajstić information content (AvgIpc) is 3.74. The number of nitrogens with one attached hydrogen (secondary N) is 2. The van der Waals surface area contributed by atoms with E-state index < -0.39 is 0 Å². The van der Waals surface area contributed by atoms with E-state index in [1.807, 2.05) is 42.7 Å². The van der Waals surface area contributed by atoms with E-state index in [-0.39, 0.29) is 0 Å². The Morgan fingerprint density at radius 3 is 2.84 bits per heavy atom. The van der Waals surface area contributed by atoms with E-state index in [9.17, 15) is 0 Å². The van der Waals surface area contributed by atoms with Gasteiger partial charge in [-0.15, -0.1) is 11.3 Å². The Morgan fingerprint density at radius 2 is 1.95 bits per heavy atom. The van der Waals surface area contributed by atoms with Gasteiger partial charge in [0.1, 0.15) is 23.6 Å². The first kappa shape index (κ1) is 22.1. The molecule has 0 aliphatic carbocycles. The molecule has 0 saturated carbocycles. The van der Waals surface area contributed by atoms with E-state index in [0.717, 1.165) is 67.4 Å². The summed E-state index contributed by atoms with van der Waals surface area (Å²) >= 11 is 1.68. The van der Waals surface area contributed by atoms with E-state index in [1.165, 1.54) is 25.9 Å². The molecule has 0 spiro atoms. The lowest BCUT2D eigenvalue weighted by molar-refractivity contribution is 0.237. The van der Waals surface area contributed by atoms with Gasteiger partial charge < -0.3 is 9.72 Å². The first-order valence-electron chi connectivity index (χ1n) is 12.5. The van der Waals surface area contributed by atoms with Crippen molar-refractivity contribution in [2.45, 2.75) is 12.8 Å². The summed E-state index contributed by atoms with van der Waals surface area (Å²) in [6.07, 6.45) is 7.99. The molecule has 0 atom stereocenters. The molecule has 0 amide bonds. The number of pyridine rings is 3. The van der Waals surface area contributed by atoms with Crippen LogP contribution < -0.4 is 4.74 Å². The summed E-state index contributed by atoms with van der Waals surface area (Å²) in [4.78, 5) is 21.1. The van der Waals surface area contributed by atoms with Crippen LogP contribution in [-0.2, 0) is 0 Å². The number of nitrogens with zero attached hydrogens (tertiary/aromatic N) is 5. The monoisotopic (exact) mass is 507 g/mol. The molecule has 8 nitrogen and oxygen atoms in total. The van der Waals surface area contributed by atoms with Crippen LogP contribution in [-0.4, -0.2) is 61.3 Å². The number of fused-ring (bicyclic) bond motifs is 2. The van der Waals surface area contributed by atoms with Crippen molar-refractivity contribution >= 4 is 33.3 Å². The first-order chi connectivity index (χ1) is 18.3. The van der Waals surface area contributed by atoms with Gasteiger partial charge in [-0.2, -0.15) is 5.10 Å². The normalized spacial score (nSPS) is 14.2. The lowest BCUT2D eigenvalue weighted by Gasteiger charge is -2.15. The van der Waals surface area contributed by atoms with Gasteiger partial charge in [-0.25, -0.2) is 4.98 Å². The molecule has 7 heterocycles. The Morgan fingerprint density at radius 1 is 1.00 bits per heavy atom. The van der Waals surface area contributed by atoms with Crippen molar-refractivity contribution in [2.75, 3.05) is 26.2 Å². The molecule has 184 valence electrons. The minimum Gasteiger partial charge on any atom is -0.491 e. The molecule has 0 aromatic carbocycles. The Labute approximate surface area is 217 Å². The molecule has 1 aliphatic rings. The molecule has 1 fully saturated rings. The van der Waals surface area contributed by atoms with Crippen molar-refractivity contribution in [1.29, 1.82) is 0 Å². The third-order valence-electron chi connectivity index (χ3n) is 6.85. The zero-order chi connectivity index (χ0) is 24.6. The quantitative estimate of drug-likeness (QED) is 0.285. The first-order valence-corrected chi connectivity index (χ1v) is 13.4. The fourth-order valence-corrected chi connectivity index (χ4v) is 5.71. The summed E-state index contributed by atoms with van der Waals surface area (Å²) in [7, 11) is 0. The summed E-state index contributed by atoms with van der Waals surface area (Å²) in [5, 5.41) is 10.9. The number of likely N-dealkylation sites (tertiary alicyclic amines) is 1. The molecule has 1 saturated heterocycles. The highest BCUT2D eigenvalue weighted by Gasteiger charge is 2.17. The van der Waals surface area contributed by atoms with E-state index in [2.05, 4.69) is 47.6 Å². The van der Waals surface area contributed by atoms with Crippen molar-refractivity contribution in [3.8, 4) is 39.0 Å². The summed E-state index contributed by atoms with van der Waals surface area (Å²) in [5.41, 5.74) is 7.07. The van der Waals surface area contributed by atoms with Crippen molar-refractivity contribution < 1.29 is 4.74 Å². The van der Waals surface area contributed by atoms with Gasteiger partial charge in [0.15, 0.2) is 0 Å². The molecule has 0 radical (unpaired) electrons. The molecule has 6 aromatic heterocycles. The van der Waals surface area contributed by atoms with Crippen LogP contribution in [0.1, 0.15) is 12.8 Å². The zero-order valence-corrected chi connectivity index (χ0v) is 21.0. The fourth-order valence-electron chi connectivity index (χ4n) is 4.98. The van der Waals surface area contributed by atoms with E-state index in [4.69, 9.17) is 9.72 Å². The Balaban J connectivity index is 1.20. The van der Waals surface area contributed by atoms with Crippen LogP contribution in [0.25, 0.3) is 55.2 Å². The number of H-pyrrole nitrogens is 2. The maximum Gasteiger partial charge on any atom is 0.138 e. The second kappa shape index (κ2) is 9.42. The largest absolute Gasteiger partial charge is 0.491 e. The summed E-state index contributed by atoms with van der Waals surface area (Å²) in [6, 6.07) is 14.2. The lowest BCUT2D eigenvalue weighted by Crippen LogP contribution is -2.25. The Bertz CT molecular complexity index is 1680. The molecular weight excluding hydrogens is 482 g/mol. The second-order valence-electron chi connectivity index (χ2n) is 9.25. The fraction of sp³-hybridized carbons (Fsp3) is 0.214. The number of aromatic amines is 2. The van der Waals surface area contributed by atoms with Gasteiger partial charge in [-0.05, 0) is 67.7 Å². The molecule has 9 heteroatoms. The van der Waals surface area contributed by atoms with Crippen LogP contribution in [0, 0.1) is 0 Å². The van der Waals surface area contributed by atoms with E-state index in [1.54, 1.807) is 17.5 Å². The SMILES string of the molecule is c1csc(-c2nccc3[nH]c(-c4n[nH]c5ccc(-c6cncc(OCCN7CCCC7)c6)nc45)cc23)c1. The van der Waals surface area contributed by atoms with Crippen molar-refractivity contribution in [3.05, 3.63) is 66.4 Å². The number of rotatable bonds is 7. The number of aromatic nitrogens is 6. The number of thiophene rings is 1. The summed E-state index contributed by atoms with van der Waals surface area (Å²) in [5.74, 6) is 0.759. The van der Waals surface area contributed by atoms with Crippen LogP contribution in [0.4, 0.5) is 0 Å². The highest BCUT2D eigenvalue weighted by molar-refractivity contribution is 7.13. The van der Waals surface area contributed by atoms with Crippen molar-refractivity contribution in [1.82, 2.24) is 35.0 Å².